The predicted molar refractivity (Wildman–Crippen MR) is 70.7 cm³/mol. The maximum atomic E-state index is 5.79. The summed E-state index contributed by atoms with van der Waals surface area (Å²) in [5.41, 5.74) is 9.30. The van der Waals surface area contributed by atoms with E-state index in [2.05, 4.69) is 37.8 Å². The molecule has 2 nitrogen and oxygen atoms in total. The zero-order valence-corrected chi connectivity index (χ0v) is 10.5. The smallest absolute Gasteiger partial charge is 0.0397 e. The number of nitrogens with zero attached hydrogens (tertiary/aromatic N) is 1. The van der Waals surface area contributed by atoms with Gasteiger partial charge < -0.3 is 10.6 Å². The van der Waals surface area contributed by atoms with E-state index in [0.717, 1.165) is 17.5 Å². The van der Waals surface area contributed by atoms with Crippen LogP contribution >= 0.6 is 0 Å². The van der Waals surface area contributed by atoms with Crippen molar-refractivity contribution in [3.05, 3.63) is 23.8 Å². The number of hydrogen-bond acceptors (Lipinski definition) is 2. The van der Waals surface area contributed by atoms with Crippen LogP contribution in [0.2, 0.25) is 0 Å². The molecular weight excluding hydrogens is 196 g/mol. The molecule has 0 radical (unpaired) electrons. The number of rotatable bonds is 1. The Morgan fingerprint density at radius 2 is 1.81 bits per heavy atom. The van der Waals surface area contributed by atoms with Crippen molar-refractivity contribution in [2.75, 3.05) is 23.7 Å². The maximum Gasteiger partial charge on any atom is 0.0397 e. The third kappa shape index (κ3) is 2.31. The molecule has 0 spiro atoms. The van der Waals surface area contributed by atoms with Gasteiger partial charge >= 0.3 is 0 Å². The molecule has 0 unspecified atom stereocenters. The number of hydrogen-bond donors (Lipinski definition) is 1. The molecule has 1 heterocycles. The Labute approximate surface area is 98.4 Å². The number of piperidine rings is 1. The highest BCUT2D eigenvalue weighted by Crippen LogP contribution is 2.29. The van der Waals surface area contributed by atoms with Crippen LogP contribution in [0.3, 0.4) is 0 Å². The lowest BCUT2D eigenvalue weighted by Gasteiger charge is -2.37. The van der Waals surface area contributed by atoms with E-state index in [0.29, 0.717) is 0 Å². The van der Waals surface area contributed by atoms with E-state index in [9.17, 15) is 0 Å². The Morgan fingerprint density at radius 1 is 1.19 bits per heavy atom. The molecular formula is C14H22N2. The van der Waals surface area contributed by atoms with Gasteiger partial charge in [0.25, 0.3) is 0 Å². The molecule has 1 aliphatic rings. The SMILES string of the molecule is Cc1cc(N)ccc1N1C[C@H](C)C[C@H](C)C1. The Morgan fingerprint density at radius 3 is 2.38 bits per heavy atom. The van der Waals surface area contributed by atoms with Crippen LogP contribution in [0.5, 0.6) is 0 Å². The van der Waals surface area contributed by atoms with E-state index in [4.69, 9.17) is 5.73 Å². The second-order valence-electron chi connectivity index (χ2n) is 5.40. The molecule has 88 valence electrons. The van der Waals surface area contributed by atoms with Gasteiger partial charge in [0.1, 0.15) is 0 Å². The van der Waals surface area contributed by atoms with E-state index in [1.807, 2.05) is 6.07 Å². The van der Waals surface area contributed by atoms with Crippen molar-refractivity contribution in [3.63, 3.8) is 0 Å². The Bertz CT molecular complexity index is 363. The molecule has 2 heteroatoms. The number of benzene rings is 1. The minimum absolute atomic E-state index is 0.792. The molecule has 1 fully saturated rings. The van der Waals surface area contributed by atoms with Crippen LogP contribution in [-0.4, -0.2) is 13.1 Å². The highest BCUT2D eigenvalue weighted by atomic mass is 15.1. The van der Waals surface area contributed by atoms with Crippen molar-refractivity contribution in [2.24, 2.45) is 11.8 Å². The first-order valence-corrected chi connectivity index (χ1v) is 6.17. The van der Waals surface area contributed by atoms with Crippen molar-refractivity contribution in [1.29, 1.82) is 0 Å². The highest BCUT2D eigenvalue weighted by Gasteiger charge is 2.22. The molecule has 1 aromatic rings. The van der Waals surface area contributed by atoms with Crippen molar-refractivity contribution in [2.45, 2.75) is 27.2 Å². The van der Waals surface area contributed by atoms with Gasteiger partial charge in [-0.15, -0.1) is 0 Å². The molecule has 0 aromatic heterocycles. The largest absolute Gasteiger partial charge is 0.399 e. The molecule has 0 bridgehead atoms. The monoisotopic (exact) mass is 218 g/mol. The van der Waals surface area contributed by atoms with Gasteiger partial charge in [0, 0.05) is 24.5 Å². The lowest BCUT2D eigenvalue weighted by Crippen LogP contribution is -2.39. The fourth-order valence-corrected chi connectivity index (χ4v) is 2.89. The zero-order valence-electron chi connectivity index (χ0n) is 10.5. The first-order valence-electron chi connectivity index (χ1n) is 6.17. The van der Waals surface area contributed by atoms with Gasteiger partial charge in [-0.3, -0.25) is 0 Å². The standard InChI is InChI=1S/C14H22N2/c1-10-6-11(2)9-16(8-10)14-5-4-13(15)7-12(14)3/h4-5,7,10-11H,6,8-9,15H2,1-3H3/t10-,11+. The lowest BCUT2D eigenvalue weighted by molar-refractivity contribution is 0.356. The summed E-state index contributed by atoms with van der Waals surface area (Å²) in [6.07, 6.45) is 1.35. The molecule has 2 atom stereocenters. The van der Waals surface area contributed by atoms with E-state index < -0.39 is 0 Å². The second kappa shape index (κ2) is 4.36. The van der Waals surface area contributed by atoms with Crippen molar-refractivity contribution in [3.8, 4) is 0 Å². The number of anilines is 2. The molecule has 1 saturated heterocycles. The fourth-order valence-electron chi connectivity index (χ4n) is 2.89. The van der Waals surface area contributed by atoms with E-state index >= 15 is 0 Å². The summed E-state index contributed by atoms with van der Waals surface area (Å²) in [5, 5.41) is 0. The molecule has 16 heavy (non-hydrogen) atoms. The third-order valence-corrected chi connectivity index (χ3v) is 3.43. The summed E-state index contributed by atoms with van der Waals surface area (Å²) >= 11 is 0. The van der Waals surface area contributed by atoms with Crippen LogP contribution in [0.1, 0.15) is 25.8 Å². The maximum absolute atomic E-state index is 5.79. The minimum atomic E-state index is 0.792. The Hall–Kier alpha value is -1.18. The summed E-state index contributed by atoms with van der Waals surface area (Å²) in [6.45, 7) is 9.18. The van der Waals surface area contributed by atoms with Gasteiger partial charge in [-0.2, -0.15) is 0 Å². The normalized spacial score (nSPS) is 25.8. The Balaban J connectivity index is 2.23. The fraction of sp³-hybridized carbons (Fsp3) is 0.571. The second-order valence-corrected chi connectivity index (χ2v) is 5.40. The summed E-state index contributed by atoms with van der Waals surface area (Å²) in [4.78, 5) is 2.51. The number of nitrogen functional groups attached to an aromatic ring is 1. The third-order valence-electron chi connectivity index (χ3n) is 3.43. The summed E-state index contributed by atoms with van der Waals surface area (Å²) in [5.74, 6) is 1.58. The average Bonchev–Trinajstić information content (AvgIpc) is 2.15. The summed E-state index contributed by atoms with van der Waals surface area (Å²) in [7, 11) is 0. The molecule has 0 aliphatic carbocycles. The molecule has 1 aromatic carbocycles. The van der Waals surface area contributed by atoms with E-state index in [1.165, 1.54) is 30.8 Å². The molecule has 2 N–H and O–H groups in total. The van der Waals surface area contributed by atoms with Crippen LogP contribution in [0, 0.1) is 18.8 Å². The predicted octanol–water partition coefficient (Wildman–Crippen LogP) is 3.06. The van der Waals surface area contributed by atoms with Crippen LogP contribution in [0.4, 0.5) is 11.4 Å². The van der Waals surface area contributed by atoms with Crippen LogP contribution in [-0.2, 0) is 0 Å². The van der Waals surface area contributed by atoms with Crippen LogP contribution in [0.15, 0.2) is 18.2 Å². The van der Waals surface area contributed by atoms with Gasteiger partial charge in [-0.1, -0.05) is 13.8 Å². The first-order chi connectivity index (χ1) is 7.56. The summed E-state index contributed by atoms with van der Waals surface area (Å²) < 4.78 is 0. The van der Waals surface area contributed by atoms with Gasteiger partial charge in [-0.25, -0.2) is 0 Å². The van der Waals surface area contributed by atoms with Crippen molar-refractivity contribution in [1.82, 2.24) is 0 Å². The molecule has 1 aliphatic heterocycles. The molecule has 2 rings (SSSR count). The Kier molecular flexibility index (Phi) is 3.08. The lowest BCUT2D eigenvalue weighted by atomic mass is 9.91. The minimum Gasteiger partial charge on any atom is -0.399 e. The van der Waals surface area contributed by atoms with Gasteiger partial charge in [-0.05, 0) is 48.9 Å². The van der Waals surface area contributed by atoms with Gasteiger partial charge in [0.05, 0.1) is 0 Å². The van der Waals surface area contributed by atoms with Crippen LogP contribution < -0.4 is 10.6 Å². The van der Waals surface area contributed by atoms with Crippen molar-refractivity contribution < 1.29 is 0 Å². The van der Waals surface area contributed by atoms with E-state index in [1.54, 1.807) is 0 Å². The summed E-state index contributed by atoms with van der Waals surface area (Å²) in [6, 6.07) is 6.24. The molecule has 0 amide bonds. The first kappa shape index (κ1) is 11.3. The van der Waals surface area contributed by atoms with E-state index in [-0.39, 0.29) is 0 Å². The quantitative estimate of drug-likeness (QED) is 0.734. The van der Waals surface area contributed by atoms with Crippen molar-refractivity contribution >= 4 is 11.4 Å². The molecule has 0 saturated carbocycles. The topological polar surface area (TPSA) is 29.3 Å². The average molecular weight is 218 g/mol. The highest BCUT2D eigenvalue weighted by molar-refractivity contribution is 5.59. The zero-order chi connectivity index (χ0) is 11.7. The number of nitrogens with two attached hydrogens (primary N) is 1. The van der Waals surface area contributed by atoms with Gasteiger partial charge in [0.2, 0.25) is 0 Å². The number of aryl methyl sites for hydroxylation is 1. The van der Waals surface area contributed by atoms with Gasteiger partial charge in [0.15, 0.2) is 0 Å². The van der Waals surface area contributed by atoms with Crippen LogP contribution in [0.25, 0.3) is 0 Å².